The molecule has 0 spiro atoms. The number of aliphatic imine (C=N–C) groups is 1. The fourth-order valence-corrected chi connectivity index (χ4v) is 3.83. The maximum atomic E-state index is 12.2. The van der Waals surface area contributed by atoms with Crippen LogP contribution in [0.4, 0.5) is 5.69 Å². The molecule has 33 heavy (non-hydrogen) atoms. The van der Waals surface area contributed by atoms with E-state index in [-0.39, 0.29) is 35.6 Å². The van der Waals surface area contributed by atoms with E-state index in [1.807, 2.05) is 14.0 Å². The molecule has 8 heteroatoms. The number of phenols is 1. The highest BCUT2D eigenvalue weighted by Gasteiger charge is 2.12. The lowest BCUT2D eigenvalue weighted by molar-refractivity contribution is 0.0955. The summed E-state index contributed by atoms with van der Waals surface area (Å²) in [4.78, 5) is 21.4. The molecule has 0 aromatic heterocycles. The monoisotopic (exact) mass is 565 g/mol. The van der Waals surface area contributed by atoms with Gasteiger partial charge in [-0.25, -0.2) is 0 Å². The largest absolute Gasteiger partial charge is 0.508 e. The van der Waals surface area contributed by atoms with E-state index in [9.17, 15) is 9.90 Å². The average Bonchev–Trinajstić information content (AvgIpc) is 2.82. The first-order valence-corrected chi connectivity index (χ1v) is 11.5. The molecule has 3 N–H and O–H groups in total. The molecule has 0 atom stereocenters. The molecule has 1 aliphatic heterocycles. The van der Waals surface area contributed by atoms with Crippen molar-refractivity contribution in [3.05, 3.63) is 59.7 Å². The van der Waals surface area contributed by atoms with Gasteiger partial charge in [-0.3, -0.25) is 9.79 Å². The Hall–Kier alpha value is -2.49. The SMILES string of the molecule is CCNC(=NCCNC(=O)c1ccc(O)cc1)N(C)Cc1ccc(N2CCCCC2)cc1.I. The number of rotatable bonds is 8. The third-order valence-corrected chi connectivity index (χ3v) is 5.56. The Kier molecular flexibility index (Phi) is 11.3. The molecule has 3 rings (SSSR count). The summed E-state index contributed by atoms with van der Waals surface area (Å²) in [5.41, 5.74) is 3.06. The van der Waals surface area contributed by atoms with Crippen LogP contribution in [0.2, 0.25) is 0 Å². The van der Waals surface area contributed by atoms with Crippen LogP contribution in [0, 0.1) is 0 Å². The number of carbonyl (C=O) groups is 1. The molecule has 0 unspecified atom stereocenters. The summed E-state index contributed by atoms with van der Waals surface area (Å²) in [6, 6.07) is 15.0. The van der Waals surface area contributed by atoms with E-state index in [1.54, 1.807) is 12.1 Å². The zero-order valence-electron chi connectivity index (χ0n) is 19.6. The van der Waals surface area contributed by atoms with Crippen LogP contribution in [0.15, 0.2) is 53.5 Å². The maximum absolute atomic E-state index is 12.2. The predicted molar refractivity (Wildman–Crippen MR) is 146 cm³/mol. The van der Waals surface area contributed by atoms with Gasteiger partial charge in [0.05, 0.1) is 6.54 Å². The Morgan fingerprint density at radius 1 is 1.03 bits per heavy atom. The Bertz CT molecular complexity index is 881. The van der Waals surface area contributed by atoms with Gasteiger partial charge in [0, 0.05) is 51.0 Å². The fraction of sp³-hybridized carbons (Fsp3) is 0.440. The average molecular weight is 566 g/mol. The first kappa shape index (κ1) is 26.8. The minimum atomic E-state index is -0.174. The van der Waals surface area contributed by atoms with Crippen LogP contribution in [0.5, 0.6) is 5.75 Å². The molecular weight excluding hydrogens is 529 g/mol. The van der Waals surface area contributed by atoms with Crippen LogP contribution in [0.3, 0.4) is 0 Å². The molecule has 2 aromatic rings. The van der Waals surface area contributed by atoms with Crippen molar-refractivity contribution in [2.24, 2.45) is 4.99 Å². The van der Waals surface area contributed by atoms with Crippen molar-refractivity contribution in [1.29, 1.82) is 0 Å². The Balaban J connectivity index is 0.00000385. The van der Waals surface area contributed by atoms with Gasteiger partial charge in [0.1, 0.15) is 5.75 Å². The highest BCUT2D eigenvalue weighted by atomic mass is 127. The van der Waals surface area contributed by atoms with Gasteiger partial charge < -0.3 is 25.5 Å². The molecule has 1 saturated heterocycles. The molecule has 0 radical (unpaired) electrons. The van der Waals surface area contributed by atoms with Gasteiger partial charge in [0.25, 0.3) is 5.91 Å². The summed E-state index contributed by atoms with van der Waals surface area (Å²) in [5.74, 6) is 0.782. The van der Waals surface area contributed by atoms with Crippen LogP contribution >= 0.6 is 24.0 Å². The highest BCUT2D eigenvalue weighted by Crippen LogP contribution is 2.20. The third kappa shape index (κ3) is 8.42. The molecular formula is C25H36IN5O2. The minimum Gasteiger partial charge on any atom is -0.508 e. The normalized spacial score (nSPS) is 13.8. The number of anilines is 1. The van der Waals surface area contributed by atoms with Crippen molar-refractivity contribution in [2.45, 2.75) is 32.7 Å². The van der Waals surface area contributed by atoms with Crippen molar-refractivity contribution in [2.75, 3.05) is 44.7 Å². The van der Waals surface area contributed by atoms with Gasteiger partial charge in [-0.1, -0.05) is 12.1 Å². The number of halogens is 1. The molecule has 1 fully saturated rings. The quantitative estimate of drug-likeness (QED) is 0.196. The van der Waals surface area contributed by atoms with Gasteiger partial charge in [-0.05, 0) is 68.1 Å². The predicted octanol–water partition coefficient (Wildman–Crippen LogP) is 3.83. The summed E-state index contributed by atoms with van der Waals surface area (Å²) in [6.45, 7) is 6.79. The molecule has 0 bridgehead atoms. The standard InChI is InChI=1S/C25H35N5O2.HI/c1-3-26-25(28-16-15-27-24(32)21-9-13-23(31)14-10-21)29(2)19-20-7-11-22(12-8-20)30-17-5-4-6-18-30;/h7-14,31H,3-6,15-19H2,1-2H3,(H,26,28)(H,27,32);1H. The Labute approximate surface area is 214 Å². The summed E-state index contributed by atoms with van der Waals surface area (Å²) in [6.07, 6.45) is 3.90. The highest BCUT2D eigenvalue weighted by molar-refractivity contribution is 14.0. The van der Waals surface area contributed by atoms with Crippen LogP contribution < -0.4 is 15.5 Å². The second-order valence-electron chi connectivity index (χ2n) is 8.11. The van der Waals surface area contributed by atoms with Crippen LogP contribution in [0.25, 0.3) is 0 Å². The number of nitrogens with zero attached hydrogens (tertiary/aromatic N) is 3. The maximum Gasteiger partial charge on any atom is 0.251 e. The van der Waals surface area contributed by atoms with Crippen molar-refractivity contribution >= 4 is 41.5 Å². The topological polar surface area (TPSA) is 80.2 Å². The molecule has 180 valence electrons. The zero-order chi connectivity index (χ0) is 22.8. The van der Waals surface area contributed by atoms with E-state index < -0.39 is 0 Å². The molecule has 0 saturated carbocycles. The van der Waals surface area contributed by atoms with E-state index >= 15 is 0 Å². The molecule has 1 heterocycles. The lowest BCUT2D eigenvalue weighted by atomic mass is 10.1. The first-order valence-electron chi connectivity index (χ1n) is 11.5. The van der Waals surface area contributed by atoms with Crippen molar-refractivity contribution in [1.82, 2.24) is 15.5 Å². The minimum absolute atomic E-state index is 0. The van der Waals surface area contributed by atoms with Gasteiger partial charge in [-0.15, -0.1) is 24.0 Å². The van der Waals surface area contributed by atoms with Gasteiger partial charge in [0.2, 0.25) is 0 Å². The summed E-state index contributed by atoms with van der Waals surface area (Å²) in [7, 11) is 2.02. The summed E-state index contributed by atoms with van der Waals surface area (Å²) >= 11 is 0. The fourth-order valence-electron chi connectivity index (χ4n) is 3.83. The number of amides is 1. The molecule has 0 aliphatic carbocycles. The third-order valence-electron chi connectivity index (χ3n) is 5.56. The molecule has 2 aromatic carbocycles. The Morgan fingerprint density at radius 3 is 2.33 bits per heavy atom. The number of nitrogens with one attached hydrogen (secondary N) is 2. The van der Waals surface area contributed by atoms with E-state index in [0.717, 1.165) is 32.1 Å². The van der Waals surface area contributed by atoms with Crippen LogP contribution in [-0.4, -0.2) is 61.6 Å². The molecule has 1 amide bonds. The first-order chi connectivity index (χ1) is 15.6. The van der Waals surface area contributed by atoms with Gasteiger partial charge in [-0.2, -0.15) is 0 Å². The Morgan fingerprint density at radius 2 is 1.70 bits per heavy atom. The number of benzene rings is 2. The lowest BCUT2D eigenvalue weighted by Gasteiger charge is -2.29. The summed E-state index contributed by atoms with van der Waals surface area (Å²) < 4.78 is 0. The number of guanidine groups is 1. The summed E-state index contributed by atoms with van der Waals surface area (Å²) in [5, 5.41) is 15.5. The second kappa shape index (κ2) is 13.9. The smallest absolute Gasteiger partial charge is 0.251 e. The second-order valence-corrected chi connectivity index (χ2v) is 8.11. The van der Waals surface area contributed by atoms with Crippen molar-refractivity contribution in [3.8, 4) is 5.75 Å². The molecule has 1 aliphatic rings. The number of piperidine rings is 1. The number of aromatic hydroxyl groups is 1. The van der Waals surface area contributed by atoms with Crippen LogP contribution in [-0.2, 0) is 6.54 Å². The van der Waals surface area contributed by atoms with E-state index in [4.69, 9.17) is 0 Å². The number of carbonyl (C=O) groups excluding carboxylic acids is 1. The van der Waals surface area contributed by atoms with Crippen molar-refractivity contribution < 1.29 is 9.90 Å². The number of hydrogen-bond donors (Lipinski definition) is 3. The van der Waals surface area contributed by atoms with Crippen molar-refractivity contribution in [3.63, 3.8) is 0 Å². The number of hydrogen-bond acceptors (Lipinski definition) is 4. The van der Waals surface area contributed by atoms with E-state index in [2.05, 4.69) is 49.7 Å². The van der Waals surface area contributed by atoms with E-state index in [0.29, 0.717) is 18.7 Å². The van der Waals surface area contributed by atoms with E-state index in [1.165, 1.54) is 42.6 Å². The lowest BCUT2D eigenvalue weighted by Crippen LogP contribution is -2.39. The molecule has 7 nitrogen and oxygen atoms in total. The zero-order valence-corrected chi connectivity index (χ0v) is 21.9. The van der Waals surface area contributed by atoms with Gasteiger partial charge >= 0.3 is 0 Å². The van der Waals surface area contributed by atoms with Gasteiger partial charge in [0.15, 0.2) is 5.96 Å². The number of phenolic OH excluding ortho intramolecular Hbond substituents is 1. The van der Waals surface area contributed by atoms with Crippen LogP contribution in [0.1, 0.15) is 42.1 Å².